The van der Waals surface area contributed by atoms with Crippen LogP contribution in [0, 0.1) is 5.82 Å². The minimum absolute atomic E-state index is 0.108. The van der Waals surface area contributed by atoms with Crippen LogP contribution in [0.2, 0.25) is 0 Å². The highest BCUT2D eigenvalue weighted by molar-refractivity contribution is 5.94. The van der Waals surface area contributed by atoms with E-state index in [1.54, 1.807) is 11.0 Å². The van der Waals surface area contributed by atoms with E-state index >= 15 is 0 Å². The molecule has 1 saturated heterocycles. The first kappa shape index (κ1) is 18.0. The number of halogens is 1. The van der Waals surface area contributed by atoms with Gasteiger partial charge in [-0.05, 0) is 42.5 Å². The number of carbonyl (C=O) groups is 1. The summed E-state index contributed by atoms with van der Waals surface area (Å²) in [4.78, 5) is 29.2. The zero-order valence-corrected chi connectivity index (χ0v) is 15.3. The van der Waals surface area contributed by atoms with E-state index in [2.05, 4.69) is 17.0 Å². The van der Waals surface area contributed by atoms with Crippen LogP contribution in [-0.2, 0) is 0 Å². The highest BCUT2D eigenvalue weighted by Gasteiger charge is 2.22. The molecule has 0 spiro atoms. The van der Waals surface area contributed by atoms with Crippen molar-refractivity contribution in [1.29, 1.82) is 0 Å². The summed E-state index contributed by atoms with van der Waals surface area (Å²) in [5.41, 5.74) is 1.85. The fourth-order valence-electron chi connectivity index (χ4n) is 3.41. The first-order chi connectivity index (χ1) is 13.6. The Kier molecular flexibility index (Phi) is 4.93. The molecule has 1 fully saturated rings. The molecule has 0 unspecified atom stereocenters. The predicted octanol–water partition coefficient (Wildman–Crippen LogP) is 2.94. The van der Waals surface area contributed by atoms with Gasteiger partial charge in [0.1, 0.15) is 5.82 Å². The van der Waals surface area contributed by atoms with Gasteiger partial charge in [-0.3, -0.25) is 14.2 Å². The lowest BCUT2D eigenvalue weighted by atomic mass is 10.2. The van der Waals surface area contributed by atoms with Crippen molar-refractivity contribution in [3.63, 3.8) is 0 Å². The molecule has 3 aromatic rings. The van der Waals surface area contributed by atoms with Gasteiger partial charge in [-0.1, -0.05) is 18.2 Å². The lowest BCUT2D eigenvalue weighted by molar-refractivity contribution is 0.0746. The Labute approximate surface area is 162 Å². The Morgan fingerprint density at radius 2 is 1.46 bits per heavy atom. The zero-order chi connectivity index (χ0) is 19.5. The number of aromatic nitrogens is 1. The number of amides is 1. The summed E-state index contributed by atoms with van der Waals surface area (Å²) in [6.07, 6.45) is 1.53. The molecule has 0 saturated carbocycles. The van der Waals surface area contributed by atoms with Gasteiger partial charge >= 0.3 is 0 Å². The van der Waals surface area contributed by atoms with E-state index in [4.69, 9.17) is 0 Å². The van der Waals surface area contributed by atoms with Crippen molar-refractivity contribution in [2.75, 3.05) is 31.1 Å². The molecule has 28 heavy (non-hydrogen) atoms. The maximum atomic E-state index is 13.2. The predicted molar refractivity (Wildman–Crippen MR) is 107 cm³/mol. The topological polar surface area (TPSA) is 45.6 Å². The average Bonchev–Trinajstić information content (AvgIpc) is 2.75. The van der Waals surface area contributed by atoms with E-state index in [-0.39, 0.29) is 17.3 Å². The Balaban J connectivity index is 1.50. The number of hydrogen-bond donors (Lipinski definition) is 0. The Hall–Kier alpha value is -3.41. The molecule has 0 N–H and O–H groups in total. The molecule has 1 aliphatic rings. The molecule has 2 aromatic carbocycles. The maximum Gasteiger partial charge on any atom is 0.255 e. The van der Waals surface area contributed by atoms with Gasteiger partial charge in [-0.2, -0.15) is 0 Å². The van der Waals surface area contributed by atoms with E-state index in [9.17, 15) is 14.0 Å². The van der Waals surface area contributed by atoms with E-state index < -0.39 is 0 Å². The molecule has 4 rings (SSSR count). The van der Waals surface area contributed by atoms with Crippen LogP contribution in [0.4, 0.5) is 10.1 Å². The van der Waals surface area contributed by atoms with E-state index in [1.165, 1.54) is 41.1 Å². The molecule has 1 amide bonds. The van der Waals surface area contributed by atoms with Crippen LogP contribution in [0.1, 0.15) is 10.4 Å². The van der Waals surface area contributed by atoms with E-state index in [0.29, 0.717) is 24.3 Å². The number of piperazine rings is 1. The van der Waals surface area contributed by atoms with Crippen LogP contribution in [0.25, 0.3) is 5.69 Å². The second-order valence-corrected chi connectivity index (χ2v) is 6.72. The number of nitrogens with zero attached hydrogens (tertiary/aromatic N) is 3. The van der Waals surface area contributed by atoms with Gasteiger partial charge in [-0.25, -0.2) is 4.39 Å². The fraction of sp³-hybridized carbons (Fsp3) is 0.182. The average molecular weight is 377 g/mol. The quantitative estimate of drug-likeness (QED) is 0.705. The number of hydrogen-bond acceptors (Lipinski definition) is 3. The van der Waals surface area contributed by atoms with Gasteiger partial charge < -0.3 is 9.80 Å². The van der Waals surface area contributed by atoms with Gasteiger partial charge in [0.15, 0.2) is 0 Å². The third-order valence-corrected chi connectivity index (χ3v) is 4.95. The third kappa shape index (κ3) is 3.67. The normalized spacial score (nSPS) is 14.2. The smallest absolute Gasteiger partial charge is 0.255 e. The largest absolute Gasteiger partial charge is 0.368 e. The maximum absolute atomic E-state index is 13.2. The van der Waals surface area contributed by atoms with Gasteiger partial charge in [-0.15, -0.1) is 0 Å². The fourth-order valence-corrected chi connectivity index (χ4v) is 3.41. The number of rotatable bonds is 3. The summed E-state index contributed by atoms with van der Waals surface area (Å²) in [6, 6.07) is 18.7. The third-order valence-electron chi connectivity index (χ3n) is 4.95. The van der Waals surface area contributed by atoms with Crippen molar-refractivity contribution in [3.05, 3.63) is 94.7 Å². The molecule has 5 nitrogen and oxygen atoms in total. The molecule has 142 valence electrons. The van der Waals surface area contributed by atoms with Gasteiger partial charge in [0.2, 0.25) is 0 Å². The highest BCUT2D eigenvalue weighted by atomic mass is 19.1. The van der Waals surface area contributed by atoms with Crippen LogP contribution in [0.15, 0.2) is 77.7 Å². The standard InChI is InChI=1S/C22H20FN3O2/c23-18-7-9-20(10-8-18)26-16-17(6-11-21(26)27)22(28)25-14-12-24(13-15-25)19-4-2-1-3-5-19/h1-11,16H,12-15H2. The number of para-hydroxylation sites is 1. The molecule has 1 aliphatic heterocycles. The van der Waals surface area contributed by atoms with Gasteiger partial charge in [0.25, 0.3) is 11.5 Å². The van der Waals surface area contributed by atoms with E-state index in [0.717, 1.165) is 18.8 Å². The molecule has 6 heteroatoms. The van der Waals surface area contributed by atoms with Crippen molar-refractivity contribution in [2.24, 2.45) is 0 Å². The van der Waals surface area contributed by atoms with Crippen molar-refractivity contribution >= 4 is 11.6 Å². The van der Waals surface area contributed by atoms with Crippen LogP contribution in [0.3, 0.4) is 0 Å². The second-order valence-electron chi connectivity index (χ2n) is 6.72. The van der Waals surface area contributed by atoms with Crippen LogP contribution >= 0.6 is 0 Å². The van der Waals surface area contributed by atoms with Crippen LogP contribution in [0.5, 0.6) is 0 Å². The second kappa shape index (κ2) is 7.68. The molecule has 0 aliphatic carbocycles. The van der Waals surface area contributed by atoms with E-state index in [1.807, 2.05) is 18.2 Å². The summed E-state index contributed by atoms with van der Waals surface area (Å²) < 4.78 is 14.5. The first-order valence-electron chi connectivity index (χ1n) is 9.20. The summed E-state index contributed by atoms with van der Waals surface area (Å²) in [6.45, 7) is 2.74. The Bertz CT molecular complexity index is 1020. The molecule has 0 radical (unpaired) electrons. The van der Waals surface area contributed by atoms with Crippen molar-refractivity contribution in [2.45, 2.75) is 0 Å². The molecule has 1 aromatic heterocycles. The summed E-state index contributed by atoms with van der Waals surface area (Å²) in [5, 5.41) is 0. The number of pyridine rings is 1. The zero-order valence-electron chi connectivity index (χ0n) is 15.3. The first-order valence-corrected chi connectivity index (χ1v) is 9.20. The van der Waals surface area contributed by atoms with Crippen LogP contribution < -0.4 is 10.5 Å². The lowest BCUT2D eigenvalue weighted by Gasteiger charge is -2.36. The SMILES string of the molecule is O=C(c1ccc(=O)n(-c2ccc(F)cc2)c1)N1CCN(c2ccccc2)CC1. The minimum atomic E-state index is -0.375. The van der Waals surface area contributed by atoms with Gasteiger partial charge in [0.05, 0.1) is 5.56 Å². The minimum Gasteiger partial charge on any atom is -0.368 e. The molecule has 0 atom stereocenters. The Morgan fingerprint density at radius 3 is 2.14 bits per heavy atom. The van der Waals surface area contributed by atoms with Gasteiger partial charge in [0, 0.05) is 49.8 Å². The van der Waals surface area contributed by atoms with Crippen molar-refractivity contribution in [3.8, 4) is 5.69 Å². The summed E-state index contributed by atoms with van der Waals surface area (Å²) in [5.74, 6) is -0.483. The highest BCUT2D eigenvalue weighted by Crippen LogP contribution is 2.17. The summed E-state index contributed by atoms with van der Waals surface area (Å²) in [7, 11) is 0. The van der Waals surface area contributed by atoms with Crippen molar-refractivity contribution in [1.82, 2.24) is 9.47 Å². The molecular formula is C22H20FN3O2. The monoisotopic (exact) mass is 377 g/mol. The number of carbonyl (C=O) groups excluding carboxylic acids is 1. The van der Waals surface area contributed by atoms with Crippen molar-refractivity contribution < 1.29 is 9.18 Å². The number of benzene rings is 2. The molecular weight excluding hydrogens is 357 g/mol. The van der Waals surface area contributed by atoms with Crippen LogP contribution in [-0.4, -0.2) is 41.6 Å². The summed E-state index contributed by atoms with van der Waals surface area (Å²) >= 11 is 0. The molecule has 2 heterocycles. The Morgan fingerprint density at radius 1 is 0.786 bits per heavy atom. The molecule has 0 bridgehead atoms. The number of anilines is 1. The lowest BCUT2D eigenvalue weighted by Crippen LogP contribution is -2.49.